The van der Waals surface area contributed by atoms with E-state index in [0.29, 0.717) is 23.5 Å². The Morgan fingerprint density at radius 3 is 2.62 bits per heavy atom. The third-order valence-corrected chi connectivity index (χ3v) is 6.78. The van der Waals surface area contributed by atoms with Crippen LogP contribution in [-0.4, -0.2) is 58.9 Å². The molecule has 1 saturated heterocycles. The van der Waals surface area contributed by atoms with Gasteiger partial charge in [0.2, 0.25) is 5.43 Å². The van der Waals surface area contributed by atoms with Crippen LogP contribution in [-0.2, 0) is 24.4 Å². The quantitative estimate of drug-likeness (QED) is 0.453. The fraction of sp³-hybridized carbons (Fsp3) is 0.400. The number of nitrogens with one attached hydrogen (secondary N) is 1. The number of morpholine rings is 1. The van der Waals surface area contributed by atoms with E-state index in [1.165, 1.54) is 0 Å². The van der Waals surface area contributed by atoms with Crippen LogP contribution >= 0.6 is 23.4 Å². The SMILES string of the molecule is CSCCCn1nc(C(=O)NCc2ccc(Cl)cc2)c(=O)c2cc(CN3CCOCC3)ccc21. The van der Waals surface area contributed by atoms with Crippen molar-refractivity contribution in [3.63, 3.8) is 0 Å². The van der Waals surface area contributed by atoms with Gasteiger partial charge in [-0.2, -0.15) is 16.9 Å². The summed E-state index contributed by atoms with van der Waals surface area (Å²) in [4.78, 5) is 28.7. The molecule has 1 fully saturated rings. The number of amides is 1. The van der Waals surface area contributed by atoms with E-state index in [1.807, 2.05) is 30.3 Å². The summed E-state index contributed by atoms with van der Waals surface area (Å²) in [6.45, 7) is 4.84. The highest BCUT2D eigenvalue weighted by Crippen LogP contribution is 2.17. The van der Waals surface area contributed by atoms with Crippen molar-refractivity contribution in [2.24, 2.45) is 0 Å². The number of aryl methyl sites for hydroxylation is 1. The molecule has 1 amide bonds. The second kappa shape index (κ2) is 11.8. The number of fused-ring (bicyclic) bond motifs is 1. The van der Waals surface area contributed by atoms with Crippen LogP contribution < -0.4 is 10.7 Å². The highest BCUT2D eigenvalue weighted by molar-refractivity contribution is 7.98. The summed E-state index contributed by atoms with van der Waals surface area (Å²) >= 11 is 7.70. The zero-order chi connectivity index (χ0) is 23.9. The second-order valence-corrected chi connectivity index (χ2v) is 9.72. The van der Waals surface area contributed by atoms with E-state index in [-0.39, 0.29) is 11.1 Å². The number of aromatic nitrogens is 2. The summed E-state index contributed by atoms with van der Waals surface area (Å²) in [6, 6.07) is 13.1. The van der Waals surface area contributed by atoms with Gasteiger partial charge in [0.1, 0.15) is 0 Å². The first-order chi connectivity index (χ1) is 16.5. The standard InChI is InChI=1S/C25H29ClN4O3S/c1-34-14-2-9-30-22-8-5-19(17-29-10-12-33-13-11-29)15-21(22)24(31)23(28-30)25(32)27-16-18-3-6-20(26)7-4-18/h3-8,15H,2,9-14,16-17H2,1H3,(H,27,32). The summed E-state index contributed by atoms with van der Waals surface area (Å²) in [5, 5.41) is 8.47. The molecule has 0 aliphatic carbocycles. The third-order valence-electron chi connectivity index (χ3n) is 5.83. The first-order valence-corrected chi connectivity index (χ1v) is 13.2. The van der Waals surface area contributed by atoms with Gasteiger partial charge in [0, 0.05) is 37.7 Å². The van der Waals surface area contributed by atoms with Gasteiger partial charge in [-0.25, -0.2) is 0 Å². The molecule has 7 nitrogen and oxygen atoms in total. The molecule has 0 saturated carbocycles. The lowest BCUT2D eigenvalue weighted by atomic mass is 10.1. The molecule has 34 heavy (non-hydrogen) atoms. The number of carbonyl (C=O) groups is 1. The van der Waals surface area contributed by atoms with Crippen LogP contribution in [0.15, 0.2) is 47.3 Å². The summed E-state index contributed by atoms with van der Waals surface area (Å²) in [7, 11) is 0. The van der Waals surface area contributed by atoms with Gasteiger partial charge in [0.25, 0.3) is 5.91 Å². The fourth-order valence-corrected chi connectivity index (χ4v) is 4.54. The van der Waals surface area contributed by atoms with Gasteiger partial charge in [0.15, 0.2) is 5.69 Å². The molecular formula is C25H29ClN4O3S. The van der Waals surface area contributed by atoms with Gasteiger partial charge >= 0.3 is 0 Å². The average Bonchev–Trinajstić information content (AvgIpc) is 2.86. The molecule has 1 N–H and O–H groups in total. The minimum atomic E-state index is -0.473. The van der Waals surface area contributed by atoms with Gasteiger partial charge in [-0.3, -0.25) is 19.2 Å². The number of hydrogen-bond acceptors (Lipinski definition) is 6. The molecule has 2 aromatic carbocycles. The molecule has 1 aromatic heterocycles. The summed E-state index contributed by atoms with van der Waals surface area (Å²) in [5.74, 6) is 0.502. The molecular weight excluding hydrogens is 472 g/mol. The lowest BCUT2D eigenvalue weighted by molar-refractivity contribution is 0.0342. The topological polar surface area (TPSA) is 76.5 Å². The fourth-order valence-electron chi connectivity index (χ4n) is 4.00. The van der Waals surface area contributed by atoms with Crippen LogP contribution in [0.3, 0.4) is 0 Å². The first kappa shape index (κ1) is 24.7. The predicted octanol–water partition coefficient (Wildman–Crippen LogP) is 3.57. The minimum Gasteiger partial charge on any atom is -0.379 e. The molecule has 9 heteroatoms. The first-order valence-electron chi connectivity index (χ1n) is 11.4. The maximum atomic E-state index is 13.4. The van der Waals surface area contributed by atoms with Crippen molar-refractivity contribution in [3.05, 3.63) is 74.5 Å². The largest absolute Gasteiger partial charge is 0.379 e. The normalized spacial score (nSPS) is 14.4. The van der Waals surface area contributed by atoms with Gasteiger partial charge in [-0.1, -0.05) is 29.8 Å². The number of halogens is 1. The van der Waals surface area contributed by atoms with Crippen LogP contribution in [0.2, 0.25) is 5.02 Å². The van der Waals surface area contributed by atoms with Crippen molar-refractivity contribution in [2.45, 2.75) is 26.1 Å². The lowest BCUT2D eigenvalue weighted by Gasteiger charge is -2.26. The number of ether oxygens (including phenoxy) is 1. The van der Waals surface area contributed by atoms with Crippen molar-refractivity contribution in [2.75, 3.05) is 38.3 Å². The highest BCUT2D eigenvalue weighted by atomic mass is 35.5. The van der Waals surface area contributed by atoms with E-state index in [9.17, 15) is 9.59 Å². The van der Waals surface area contributed by atoms with Crippen molar-refractivity contribution < 1.29 is 9.53 Å². The number of thioether (sulfide) groups is 1. The summed E-state index contributed by atoms with van der Waals surface area (Å²) in [5.41, 5.74) is 2.28. The Bertz CT molecular complexity index is 1190. The van der Waals surface area contributed by atoms with Gasteiger partial charge in [0.05, 0.1) is 24.1 Å². The third kappa shape index (κ3) is 6.18. The molecule has 180 valence electrons. The van der Waals surface area contributed by atoms with Crippen molar-refractivity contribution in [1.82, 2.24) is 20.0 Å². The molecule has 3 aromatic rings. The van der Waals surface area contributed by atoms with E-state index >= 15 is 0 Å². The summed E-state index contributed by atoms with van der Waals surface area (Å²) < 4.78 is 7.23. The Kier molecular flexibility index (Phi) is 8.61. The molecule has 0 bridgehead atoms. The smallest absolute Gasteiger partial charge is 0.276 e. The maximum Gasteiger partial charge on any atom is 0.276 e. The Hall–Kier alpha value is -2.39. The van der Waals surface area contributed by atoms with E-state index in [4.69, 9.17) is 16.3 Å². The number of carbonyl (C=O) groups excluding carboxylic acids is 1. The summed E-state index contributed by atoms with van der Waals surface area (Å²) in [6.07, 6.45) is 2.96. The average molecular weight is 501 g/mol. The van der Waals surface area contributed by atoms with Crippen LogP contribution in [0.25, 0.3) is 10.9 Å². The van der Waals surface area contributed by atoms with Crippen molar-refractivity contribution in [1.29, 1.82) is 0 Å². The van der Waals surface area contributed by atoms with E-state index < -0.39 is 5.91 Å². The van der Waals surface area contributed by atoms with Gasteiger partial charge in [-0.05, 0) is 53.8 Å². The zero-order valence-corrected chi connectivity index (χ0v) is 20.8. The van der Waals surface area contributed by atoms with Gasteiger partial charge < -0.3 is 10.1 Å². The predicted molar refractivity (Wildman–Crippen MR) is 138 cm³/mol. The molecule has 0 spiro atoms. The molecule has 2 heterocycles. The Balaban J connectivity index is 1.63. The van der Waals surface area contributed by atoms with E-state index in [0.717, 1.165) is 61.7 Å². The maximum absolute atomic E-state index is 13.4. The number of rotatable bonds is 9. The second-order valence-electron chi connectivity index (χ2n) is 8.30. The lowest BCUT2D eigenvalue weighted by Crippen LogP contribution is -2.35. The highest BCUT2D eigenvalue weighted by Gasteiger charge is 2.19. The van der Waals surface area contributed by atoms with Crippen molar-refractivity contribution >= 4 is 40.2 Å². The van der Waals surface area contributed by atoms with Crippen LogP contribution in [0.4, 0.5) is 0 Å². The molecule has 0 atom stereocenters. The monoisotopic (exact) mass is 500 g/mol. The molecule has 1 aliphatic rings. The van der Waals surface area contributed by atoms with Crippen molar-refractivity contribution in [3.8, 4) is 0 Å². The molecule has 0 unspecified atom stereocenters. The number of nitrogens with zero attached hydrogens (tertiary/aromatic N) is 3. The zero-order valence-electron chi connectivity index (χ0n) is 19.3. The van der Waals surface area contributed by atoms with Gasteiger partial charge in [-0.15, -0.1) is 0 Å². The molecule has 4 rings (SSSR count). The number of benzene rings is 2. The Morgan fingerprint density at radius 2 is 1.88 bits per heavy atom. The van der Waals surface area contributed by atoms with E-state index in [2.05, 4.69) is 21.6 Å². The minimum absolute atomic E-state index is 0.0749. The Labute approximate surface area is 208 Å². The van der Waals surface area contributed by atoms with E-state index in [1.54, 1.807) is 28.6 Å². The Morgan fingerprint density at radius 1 is 1.15 bits per heavy atom. The molecule has 0 radical (unpaired) electrons. The van der Waals surface area contributed by atoms with Crippen LogP contribution in [0.5, 0.6) is 0 Å². The molecule has 1 aliphatic heterocycles. The van der Waals surface area contributed by atoms with Crippen LogP contribution in [0.1, 0.15) is 28.0 Å². The van der Waals surface area contributed by atoms with Crippen LogP contribution in [0, 0.1) is 0 Å². The number of hydrogen-bond donors (Lipinski definition) is 1.